The SMILES string of the molecule is Cc1nc(Cl)cc2nnc(C(C)(C)c3ccccc3)n12. The molecule has 0 radical (unpaired) electrons. The summed E-state index contributed by atoms with van der Waals surface area (Å²) in [7, 11) is 0. The molecule has 102 valence electrons. The maximum absolute atomic E-state index is 5.97. The number of hydrogen-bond acceptors (Lipinski definition) is 3. The van der Waals surface area contributed by atoms with Crippen molar-refractivity contribution in [3.63, 3.8) is 0 Å². The summed E-state index contributed by atoms with van der Waals surface area (Å²) in [5, 5.41) is 9.02. The molecule has 0 fully saturated rings. The van der Waals surface area contributed by atoms with Crippen molar-refractivity contribution in [3.05, 3.63) is 58.8 Å². The predicted octanol–water partition coefficient (Wildman–Crippen LogP) is 3.41. The van der Waals surface area contributed by atoms with Crippen LogP contribution < -0.4 is 0 Å². The Bertz CT molecular complexity index is 762. The Labute approximate surface area is 122 Å². The zero-order valence-corrected chi connectivity index (χ0v) is 12.4. The molecule has 4 nitrogen and oxygen atoms in total. The molecular formula is C15H15ClN4. The lowest BCUT2D eigenvalue weighted by atomic mass is 9.84. The second-order valence-corrected chi connectivity index (χ2v) is 5.72. The van der Waals surface area contributed by atoms with Crippen LogP contribution in [0.25, 0.3) is 5.65 Å². The molecule has 0 saturated carbocycles. The summed E-state index contributed by atoms with van der Waals surface area (Å²) in [5.74, 6) is 1.65. The maximum atomic E-state index is 5.97. The maximum Gasteiger partial charge on any atom is 0.165 e. The molecular weight excluding hydrogens is 272 g/mol. The minimum atomic E-state index is -0.263. The summed E-state index contributed by atoms with van der Waals surface area (Å²) in [6.45, 7) is 6.17. The first-order valence-electron chi connectivity index (χ1n) is 6.44. The van der Waals surface area contributed by atoms with Crippen molar-refractivity contribution >= 4 is 17.2 Å². The van der Waals surface area contributed by atoms with Gasteiger partial charge in [-0.15, -0.1) is 10.2 Å². The van der Waals surface area contributed by atoms with Gasteiger partial charge in [0.25, 0.3) is 0 Å². The van der Waals surface area contributed by atoms with Crippen molar-refractivity contribution in [1.82, 2.24) is 19.6 Å². The first-order valence-corrected chi connectivity index (χ1v) is 6.82. The standard InChI is InChI=1S/C15H15ClN4/c1-10-17-12(16)9-13-18-19-14(20(10)13)15(2,3)11-7-5-4-6-8-11/h4-9H,1-3H3. The van der Waals surface area contributed by atoms with Gasteiger partial charge in [-0.3, -0.25) is 4.40 Å². The molecule has 1 aromatic carbocycles. The summed E-state index contributed by atoms with van der Waals surface area (Å²) in [4.78, 5) is 4.29. The highest BCUT2D eigenvalue weighted by Crippen LogP contribution is 2.30. The number of hydrogen-bond donors (Lipinski definition) is 0. The molecule has 0 saturated heterocycles. The molecule has 0 unspecified atom stereocenters. The van der Waals surface area contributed by atoms with Crippen molar-refractivity contribution in [2.45, 2.75) is 26.2 Å². The first-order chi connectivity index (χ1) is 9.50. The quantitative estimate of drug-likeness (QED) is 0.678. The Morgan fingerprint density at radius 3 is 2.50 bits per heavy atom. The molecule has 3 rings (SSSR count). The van der Waals surface area contributed by atoms with Gasteiger partial charge in [0.1, 0.15) is 16.8 Å². The van der Waals surface area contributed by atoms with Gasteiger partial charge in [0.2, 0.25) is 0 Å². The fourth-order valence-corrected chi connectivity index (χ4v) is 2.66. The van der Waals surface area contributed by atoms with Crippen molar-refractivity contribution in [2.24, 2.45) is 0 Å². The van der Waals surface area contributed by atoms with Crippen molar-refractivity contribution < 1.29 is 0 Å². The van der Waals surface area contributed by atoms with E-state index in [1.807, 2.05) is 29.5 Å². The lowest BCUT2D eigenvalue weighted by Gasteiger charge is -2.23. The third-order valence-electron chi connectivity index (χ3n) is 3.58. The van der Waals surface area contributed by atoms with Crippen molar-refractivity contribution in [1.29, 1.82) is 0 Å². The molecule has 0 aliphatic rings. The van der Waals surface area contributed by atoms with Gasteiger partial charge in [-0.1, -0.05) is 41.9 Å². The zero-order valence-electron chi connectivity index (χ0n) is 11.6. The van der Waals surface area contributed by atoms with Crippen LogP contribution in [0.4, 0.5) is 0 Å². The molecule has 2 heterocycles. The highest BCUT2D eigenvalue weighted by molar-refractivity contribution is 6.29. The topological polar surface area (TPSA) is 43.1 Å². The van der Waals surface area contributed by atoms with Gasteiger partial charge in [-0.25, -0.2) is 4.98 Å². The first kappa shape index (κ1) is 13.1. The largest absolute Gasteiger partial charge is 0.266 e. The fourth-order valence-electron chi connectivity index (χ4n) is 2.44. The molecule has 2 aromatic heterocycles. The third kappa shape index (κ3) is 1.96. The second kappa shape index (κ2) is 4.56. The summed E-state index contributed by atoms with van der Waals surface area (Å²) in [6.07, 6.45) is 0. The van der Waals surface area contributed by atoms with Crippen LogP contribution in [-0.4, -0.2) is 19.6 Å². The van der Waals surface area contributed by atoms with Crippen LogP contribution in [0.15, 0.2) is 36.4 Å². The molecule has 0 aliphatic heterocycles. The molecule has 0 aliphatic carbocycles. The summed E-state index contributed by atoms with van der Waals surface area (Å²) < 4.78 is 1.96. The van der Waals surface area contributed by atoms with Gasteiger partial charge in [0.05, 0.1) is 5.41 Å². The number of fused-ring (bicyclic) bond motifs is 1. The molecule has 5 heteroatoms. The minimum Gasteiger partial charge on any atom is -0.266 e. The molecule has 0 atom stereocenters. The summed E-state index contributed by atoms with van der Waals surface area (Å²) in [5.41, 5.74) is 1.64. The number of aryl methyl sites for hydroxylation is 1. The van der Waals surface area contributed by atoms with Gasteiger partial charge >= 0.3 is 0 Å². The number of rotatable bonds is 2. The summed E-state index contributed by atoms with van der Waals surface area (Å²) in [6, 6.07) is 12.0. The number of benzene rings is 1. The Morgan fingerprint density at radius 1 is 1.10 bits per heavy atom. The Morgan fingerprint density at radius 2 is 1.80 bits per heavy atom. The number of halogens is 1. The Balaban J connectivity index is 2.25. The fraction of sp³-hybridized carbons (Fsp3) is 0.267. The number of nitrogens with zero attached hydrogens (tertiary/aromatic N) is 4. The van der Waals surface area contributed by atoms with E-state index in [0.717, 1.165) is 17.3 Å². The van der Waals surface area contributed by atoms with E-state index in [-0.39, 0.29) is 5.41 Å². The Hall–Kier alpha value is -1.94. The van der Waals surface area contributed by atoms with E-state index >= 15 is 0 Å². The minimum absolute atomic E-state index is 0.263. The van der Waals surface area contributed by atoms with Gasteiger partial charge < -0.3 is 0 Å². The second-order valence-electron chi connectivity index (χ2n) is 5.33. The monoisotopic (exact) mass is 286 g/mol. The van der Waals surface area contributed by atoms with E-state index < -0.39 is 0 Å². The average molecular weight is 287 g/mol. The van der Waals surface area contributed by atoms with Crippen LogP contribution in [0, 0.1) is 6.92 Å². The van der Waals surface area contributed by atoms with Gasteiger partial charge in [-0.2, -0.15) is 0 Å². The van der Waals surface area contributed by atoms with Crippen molar-refractivity contribution in [3.8, 4) is 0 Å². The van der Waals surface area contributed by atoms with E-state index in [2.05, 4.69) is 41.2 Å². The van der Waals surface area contributed by atoms with E-state index in [4.69, 9.17) is 11.6 Å². The molecule has 3 aromatic rings. The molecule has 0 bridgehead atoms. The van der Waals surface area contributed by atoms with E-state index in [1.165, 1.54) is 5.56 Å². The van der Waals surface area contributed by atoms with Crippen molar-refractivity contribution in [2.75, 3.05) is 0 Å². The molecule has 0 N–H and O–H groups in total. The molecule has 20 heavy (non-hydrogen) atoms. The normalized spacial score (nSPS) is 12.0. The molecule has 0 spiro atoms. The zero-order chi connectivity index (χ0) is 14.3. The Kier molecular flexibility index (Phi) is 2.98. The summed E-state index contributed by atoms with van der Waals surface area (Å²) >= 11 is 5.97. The van der Waals surface area contributed by atoms with Crippen LogP contribution in [0.3, 0.4) is 0 Å². The number of aromatic nitrogens is 4. The van der Waals surface area contributed by atoms with Crippen LogP contribution in [0.2, 0.25) is 5.15 Å². The van der Waals surface area contributed by atoms with E-state index in [9.17, 15) is 0 Å². The molecule has 0 amide bonds. The van der Waals surface area contributed by atoms with Gasteiger partial charge in [-0.05, 0) is 26.3 Å². The van der Waals surface area contributed by atoms with Crippen LogP contribution in [0.1, 0.15) is 31.1 Å². The predicted molar refractivity (Wildman–Crippen MR) is 79.1 cm³/mol. The highest BCUT2D eigenvalue weighted by Gasteiger charge is 2.29. The van der Waals surface area contributed by atoms with Crippen LogP contribution >= 0.6 is 11.6 Å². The average Bonchev–Trinajstić information content (AvgIpc) is 2.84. The highest BCUT2D eigenvalue weighted by atomic mass is 35.5. The van der Waals surface area contributed by atoms with Gasteiger partial charge in [0, 0.05) is 6.07 Å². The van der Waals surface area contributed by atoms with Crippen LogP contribution in [-0.2, 0) is 5.41 Å². The lowest BCUT2D eigenvalue weighted by molar-refractivity contribution is 0.577. The van der Waals surface area contributed by atoms with Gasteiger partial charge in [0.15, 0.2) is 5.65 Å². The third-order valence-corrected chi connectivity index (χ3v) is 3.78. The lowest BCUT2D eigenvalue weighted by Crippen LogP contribution is -2.23. The van der Waals surface area contributed by atoms with Crippen LogP contribution in [0.5, 0.6) is 0 Å². The smallest absolute Gasteiger partial charge is 0.165 e. The van der Waals surface area contributed by atoms with E-state index in [0.29, 0.717) is 5.15 Å². The van der Waals surface area contributed by atoms with E-state index in [1.54, 1.807) is 6.07 Å².